The van der Waals surface area contributed by atoms with Crippen LogP contribution < -0.4 is 4.74 Å². The van der Waals surface area contributed by atoms with Crippen LogP contribution in [-0.4, -0.2) is 36.9 Å². The Hall–Kier alpha value is -1.03. The molecule has 0 aromatic heterocycles. The Morgan fingerprint density at radius 3 is 2.52 bits per heavy atom. The molecule has 1 aliphatic heterocycles. The van der Waals surface area contributed by atoms with Gasteiger partial charge in [-0.3, -0.25) is 9.69 Å². The SMILES string of the molecule is CCCOc1c(Cl)cc(/C=C2\CN(CCC)CCC2=O)cc1Cl. The van der Waals surface area contributed by atoms with Crippen molar-refractivity contribution >= 4 is 35.1 Å². The lowest BCUT2D eigenvalue weighted by Crippen LogP contribution is -2.36. The monoisotopic (exact) mass is 355 g/mol. The van der Waals surface area contributed by atoms with E-state index in [0.29, 0.717) is 35.4 Å². The van der Waals surface area contributed by atoms with Gasteiger partial charge in [0.2, 0.25) is 0 Å². The van der Waals surface area contributed by atoms with Gasteiger partial charge in [0.15, 0.2) is 11.5 Å². The number of carbonyl (C=O) groups is 1. The van der Waals surface area contributed by atoms with Crippen molar-refractivity contribution in [2.75, 3.05) is 26.2 Å². The minimum Gasteiger partial charge on any atom is -0.490 e. The van der Waals surface area contributed by atoms with Gasteiger partial charge >= 0.3 is 0 Å². The molecule has 1 saturated heterocycles. The molecule has 126 valence electrons. The van der Waals surface area contributed by atoms with E-state index in [-0.39, 0.29) is 5.78 Å². The zero-order valence-electron chi connectivity index (χ0n) is 13.7. The second kappa shape index (κ2) is 8.72. The van der Waals surface area contributed by atoms with E-state index in [0.717, 1.165) is 37.1 Å². The third-order valence-corrected chi connectivity index (χ3v) is 4.32. The minimum atomic E-state index is 0.205. The van der Waals surface area contributed by atoms with Crippen LogP contribution in [0.25, 0.3) is 6.08 Å². The number of rotatable bonds is 6. The van der Waals surface area contributed by atoms with Crippen molar-refractivity contribution in [3.05, 3.63) is 33.3 Å². The second-order valence-electron chi connectivity index (χ2n) is 5.78. The Morgan fingerprint density at radius 2 is 1.91 bits per heavy atom. The molecule has 0 atom stereocenters. The van der Waals surface area contributed by atoms with Gasteiger partial charge in [0.05, 0.1) is 16.7 Å². The quantitative estimate of drug-likeness (QED) is 0.683. The van der Waals surface area contributed by atoms with Gasteiger partial charge in [0, 0.05) is 25.1 Å². The maximum absolute atomic E-state index is 12.1. The molecular weight excluding hydrogens is 333 g/mol. The highest BCUT2D eigenvalue weighted by Gasteiger charge is 2.21. The van der Waals surface area contributed by atoms with Gasteiger partial charge in [0.25, 0.3) is 0 Å². The summed E-state index contributed by atoms with van der Waals surface area (Å²) in [7, 11) is 0. The maximum atomic E-state index is 12.1. The predicted molar refractivity (Wildman–Crippen MR) is 96.6 cm³/mol. The van der Waals surface area contributed by atoms with E-state index in [1.165, 1.54) is 0 Å². The molecule has 0 saturated carbocycles. The molecule has 3 nitrogen and oxygen atoms in total. The van der Waals surface area contributed by atoms with E-state index in [4.69, 9.17) is 27.9 Å². The first-order valence-corrected chi connectivity index (χ1v) is 8.88. The lowest BCUT2D eigenvalue weighted by Gasteiger charge is -2.27. The standard InChI is InChI=1S/C18H23Cl2NO2/c1-3-6-21-7-5-17(22)14(12-21)9-13-10-15(19)18(16(20)11-13)23-8-4-2/h9-11H,3-8,12H2,1-2H3/b14-9+. The Kier molecular flexibility index (Phi) is 6.94. The van der Waals surface area contributed by atoms with Gasteiger partial charge in [0.1, 0.15) is 0 Å². The normalized spacial score (nSPS) is 17.7. The van der Waals surface area contributed by atoms with Crippen LogP contribution in [0.1, 0.15) is 38.7 Å². The topological polar surface area (TPSA) is 29.5 Å². The first-order chi connectivity index (χ1) is 11.0. The van der Waals surface area contributed by atoms with Crippen molar-refractivity contribution < 1.29 is 9.53 Å². The molecule has 1 aromatic rings. The van der Waals surface area contributed by atoms with Gasteiger partial charge in [-0.15, -0.1) is 0 Å². The molecule has 1 heterocycles. The molecule has 1 fully saturated rings. The molecule has 2 rings (SSSR count). The molecule has 0 amide bonds. The van der Waals surface area contributed by atoms with Crippen LogP contribution in [0, 0.1) is 0 Å². The van der Waals surface area contributed by atoms with Gasteiger partial charge in [-0.25, -0.2) is 0 Å². The Balaban J connectivity index is 2.22. The summed E-state index contributed by atoms with van der Waals surface area (Å²) in [4.78, 5) is 14.4. The van der Waals surface area contributed by atoms with E-state index in [1.807, 2.05) is 13.0 Å². The molecule has 0 aliphatic carbocycles. The third-order valence-electron chi connectivity index (χ3n) is 3.76. The fourth-order valence-electron chi connectivity index (χ4n) is 2.67. The van der Waals surface area contributed by atoms with E-state index >= 15 is 0 Å². The van der Waals surface area contributed by atoms with E-state index in [9.17, 15) is 4.79 Å². The van der Waals surface area contributed by atoms with Gasteiger partial charge in [-0.2, -0.15) is 0 Å². The summed E-state index contributed by atoms with van der Waals surface area (Å²) in [6.07, 6.45) is 4.44. The van der Waals surface area contributed by atoms with Crippen molar-refractivity contribution in [2.24, 2.45) is 0 Å². The first-order valence-electron chi connectivity index (χ1n) is 8.13. The van der Waals surface area contributed by atoms with Crippen LogP contribution in [0.5, 0.6) is 5.75 Å². The molecule has 1 aliphatic rings. The Morgan fingerprint density at radius 1 is 1.22 bits per heavy atom. The van der Waals surface area contributed by atoms with E-state index in [2.05, 4.69) is 11.8 Å². The highest BCUT2D eigenvalue weighted by Crippen LogP contribution is 2.35. The molecule has 0 radical (unpaired) electrons. The molecule has 1 aromatic carbocycles. The number of hydrogen-bond acceptors (Lipinski definition) is 3. The molecule has 5 heteroatoms. The highest BCUT2D eigenvalue weighted by atomic mass is 35.5. The average molecular weight is 356 g/mol. The number of halogens is 2. The molecule has 0 N–H and O–H groups in total. The fraction of sp³-hybridized carbons (Fsp3) is 0.500. The predicted octanol–water partition coefficient (Wildman–Crippen LogP) is 4.85. The number of piperidine rings is 1. The van der Waals surface area contributed by atoms with E-state index in [1.54, 1.807) is 12.1 Å². The Labute approximate surface area is 148 Å². The zero-order chi connectivity index (χ0) is 16.8. The van der Waals surface area contributed by atoms with Crippen LogP contribution in [0.3, 0.4) is 0 Å². The smallest absolute Gasteiger partial charge is 0.161 e. The number of nitrogens with zero attached hydrogens (tertiary/aromatic N) is 1. The van der Waals surface area contributed by atoms with Crippen LogP contribution in [0.4, 0.5) is 0 Å². The second-order valence-corrected chi connectivity index (χ2v) is 6.60. The van der Waals surface area contributed by atoms with Crippen LogP contribution in [-0.2, 0) is 4.79 Å². The summed E-state index contributed by atoms with van der Waals surface area (Å²) < 4.78 is 5.57. The summed E-state index contributed by atoms with van der Waals surface area (Å²) in [6.45, 7) is 7.29. The van der Waals surface area contributed by atoms with Crippen molar-refractivity contribution in [3.63, 3.8) is 0 Å². The van der Waals surface area contributed by atoms with Gasteiger partial charge in [-0.1, -0.05) is 37.0 Å². The van der Waals surface area contributed by atoms with Crippen LogP contribution >= 0.6 is 23.2 Å². The Bertz CT molecular complexity index is 576. The van der Waals surface area contributed by atoms with Crippen molar-refractivity contribution in [3.8, 4) is 5.75 Å². The van der Waals surface area contributed by atoms with Crippen molar-refractivity contribution in [1.82, 2.24) is 4.90 Å². The number of hydrogen-bond donors (Lipinski definition) is 0. The minimum absolute atomic E-state index is 0.205. The van der Waals surface area contributed by atoms with Gasteiger partial charge < -0.3 is 4.74 Å². The van der Waals surface area contributed by atoms with Crippen LogP contribution in [0.2, 0.25) is 10.0 Å². The summed E-state index contributed by atoms with van der Waals surface area (Å²) in [6, 6.07) is 3.61. The summed E-state index contributed by atoms with van der Waals surface area (Å²) in [5.41, 5.74) is 1.66. The third kappa shape index (κ3) is 4.97. The van der Waals surface area contributed by atoms with Crippen LogP contribution in [0.15, 0.2) is 17.7 Å². The van der Waals surface area contributed by atoms with E-state index < -0.39 is 0 Å². The molecule has 0 unspecified atom stereocenters. The molecular formula is C18H23Cl2NO2. The lowest BCUT2D eigenvalue weighted by atomic mass is 10.00. The van der Waals surface area contributed by atoms with Gasteiger partial charge in [-0.05, 0) is 43.2 Å². The zero-order valence-corrected chi connectivity index (χ0v) is 15.2. The number of Topliss-reactive ketones (excluding diaryl/α,β-unsaturated/α-hetero) is 1. The fourth-order valence-corrected chi connectivity index (χ4v) is 3.28. The maximum Gasteiger partial charge on any atom is 0.161 e. The molecule has 0 spiro atoms. The number of ketones is 1. The largest absolute Gasteiger partial charge is 0.490 e. The molecule has 0 bridgehead atoms. The number of carbonyl (C=O) groups excluding carboxylic acids is 1. The summed E-state index contributed by atoms with van der Waals surface area (Å²) in [5, 5.41) is 0.956. The number of ether oxygens (including phenoxy) is 1. The summed E-state index contributed by atoms with van der Waals surface area (Å²) >= 11 is 12.5. The number of likely N-dealkylation sites (tertiary alicyclic amines) is 1. The first kappa shape index (κ1) is 18.3. The average Bonchev–Trinajstić information content (AvgIpc) is 2.50. The lowest BCUT2D eigenvalue weighted by molar-refractivity contribution is -0.117. The number of benzene rings is 1. The molecule has 23 heavy (non-hydrogen) atoms. The van der Waals surface area contributed by atoms with Crippen molar-refractivity contribution in [1.29, 1.82) is 0 Å². The van der Waals surface area contributed by atoms with Crippen molar-refractivity contribution in [2.45, 2.75) is 33.1 Å². The highest BCUT2D eigenvalue weighted by molar-refractivity contribution is 6.37. The summed E-state index contributed by atoms with van der Waals surface area (Å²) in [5.74, 6) is 0.718.